The minimum absolute atomic E-state index is 0.0357. The van der Waals surface area contributed by atoms with Crippen LogP contribution >= 0.6 is 11.6 Å². The van der Waals surface area contributed by atoms with Crippen LogP contribution in [0.2, 0.25) is 5.02 Å². The molecule has 1 unspecified atom stereocenters. The molecule has 0 aliphatic heterocycles. The van der Waals surface area contributed by atoms with E-state index >= 15 is 0 Å². The Labute approximate surface area is 162 Å². The highest BCUT2D eigenvalue weighted by Crippen LogP contribution is 2.34. The number of halogens is 4. The quantitative estimate of drug-likeness (QED) is 0.718. The van der Waals surface area contributed by atoms with Crippen molar-refractivity contribution in [1.29, 1.82) is 0 Å². The lowest BCUT2D eigenvalue weighted by Crippen LogP contribution is -2.40. The minimum atomic E-state index is -4.86. The normalized spacial score (nSPS) is 15.4. The van der Waals surface area contributed by atoms with Crippen molar-refractivity contribution in [3.8, 4) is 5.69 Å². The van der Waals surface area contributed by atoms with Gasteiger partial charge in [-0.2, -0.15) is 13.2 Å². The summed E-state index contributed by atoms with van der Waals surface area (Å²) in [4.78, 5) is 37.0. The van der Waals surface area contributed by atoms with E-state index in [1.54, 1.807) is 6.92 Å². The number of benzene rings is 1. The number of hydrogen-bond acceptors (Lipinski definition) is 4. The van der Waals surface area contributed by atoms with Gasteiger partial charge in [-0.3, -0.25) is 9.36 Å². The molecular weight excluding hydrogens is 401 g/mol. The van der Waals surface area contributed by atoms with Crippen molar-refractivity contribution >= 4 is 17.6 Å². The molecule has 1 aliphatic carbocycles. The number of ether oxygens (including phenoxy) is 1. The molecule has 150 valence electrons. The van der Waals surface area contributed by atoms with Crippen LogP contribution in [-0.4, -0.2) is 21.2 Å². The van der Waals surface area contributed by atoms with Gasteiger partial charge in [-0.25, -0.2) is 14.2 Å². The molecule has 1 fully saturated rings. The predicted molar refractivity (Wildman–Crippen MR) is 94.9 cm³/mol. The summed E-state index contributed by atoms with van der Waals surface area (Å²) in [7, 11) is 0.906. The predicted octanol–water partition coefficient (Wildman–Crippen LogP) is 3.16. The lowest BCUT2D eigenvalue weighted by Gasteiger charge is -2.15. The van der Waals surface area contributed by atoms with Crippen LogP contribution in [0, 0.1) is 5.92 Å². The molecule has 1 saturated carbocycles. The lowest BCUT2D eigenvalue weighted by molar-refractivity contribution is -0.144. The van der Waals surface area contributed by atoms with Gasteiger partial charge in [0.2, 0.25) is 0 Å². The molecule has 1 atom stereocenters. The summed E-state index contributed by atoms with van der Waals surface area (Å²) < 4.78 is 45.1. The number of aromatic nitrogens is 2. The Hall–Kier alpha value is -2.55. The van der Waals surface area contributed by atoms with Crippen LogP contribution < -0.4 is 11.2 Å². The van der Waals surface area contributed by atoms with Gasteiger partial charge >= 0.3 is 17.8 Å². The van der Waals surface area contributed by atoms with E-state index < -0.39 is 29.1 Å². The topological polar surface area (TPSA) is 70.3 Å². The van der Waals surface area contributed by atoms with Gasteiger partial charge in [0.25, 0.3) is 5.56 Å². The van der Waals surface area contributed by atoms with Crippen LogP contribution in [-0.2, 0) is 18.0 Å². The molecule has 1 aromatic carbocycles. The number of esters is 1. The first-order valence-electron chi connectivity index (χ1n) is 8.42. The van der Waals surface area contributed by atoms with E-state index in [1.165, 1.54) is 12.1 Å². The Kier molecular flexibility index (Phi) is 5.14. The third kappa shape index (κ3) is 3.84. The third-order valence-electron chi connectivity index (χ3n) is 4.62. The highest BCUT2D eigenvalue weighted by atomic mass is 35.5. The fraction of sp³-hybridized carbons (Fsp3) is 0.389. The number of rotatable bonds is 4. The van der Waals surface area contributed by atoms with Crippen LogP contribution in [0.1, 0.15) is 35.8 Å². The molecular formula is C18H16ClF3N2O4. The number of carbonyl (C=O) groups excluding carboxylic acids is 1. The Bertz CT molecular complexity index is 1050. The summed E-state index contributed by atoms with van der Waals surface area (Å²) in [6, 6.07) is 4.02. The van der Waals surface area contributed by atoms with Gasteiger partial charge in [-0.05, 0) is 43.9 Å². The average molecular weight is 417 g/mol. The Morgan fingerprint density at radius 3 is 2.46 bits per heavy atom. The summed E-state index contributed by atoms with van der Waals surface area (Å²) in [6.07, 6.45) is -3.26. The Morgan fingerprint density at radius 2 is 1.89 bits per heavy atom. The SMILES string of the molecule is CC(OC(=O)c1cc(-n2c(=O)cc(C(F)(F)F)n(C)c2=O)ccc1Cl)C1CC1. The maximum Gasteiger partial charge on any atom is 0.431 e. The van der Waals surface area contributed by atoms with Crippen molar-refractivity contribution < 1.29 is 22.7 Å². The molecule has 0 N–H and O–H groups in total. The maximum atomic E-state index is 13.0. The number of nitrogens with zero attached hydrogens (tertiary/aromatic N) is 2. The van der Waals surface area contributed by atoms with E-state index in [0.717, 1.165) is 26.0 Å². The Morgan fingerprint density at radius 1 is 1.25 bits per heavy atom. The van der Waals surface area contributed by atoms with E-state index in [2.05, 4.69) is 0 Å². The molecule has 1 heterocycles. The second-order valence-electron chi connectivity index (χ2n) is 6.65. The van der Waals surface area contributed by atoms with Gasteiger partial charge < -0.3 is 4.74 Å². The minimum Gasteiger partial charge on any atom is -0.459 e. The van der Waals surface area contributed by atoms with E-state index in [9.17, 15) is 27.6 Å². The van der Waals surface area contributed by atoms with E-state index in [1.807, 2.05) is 0 Å². The molecule has 2 aromatic rings. The van der Waals surface area contributed by atoms with E-state index in [0.29, 0.717) is 15.2 Å². The number of hydrogen-bond donors (Lipinski definition) is 0. The zero-order chi connectivity index (χ0) is 20.8. The molecule has 1 aliphatic rings. The van der Waals surface area contributed by atoms with Gasteiger partial charge in [0, 0.05) is 13.1 Å². The van der Waals surface area contributed by atoms with E-state index in [-0.39, 0.29) is 28.3 Å². The van der Waals surface area contributed by atoms with Crippen molar-refractivity contribution in [3.63, 3.8) is 0 Å². The lowest BCUT2D eigenvalue weighted by atomic mass is 10.2. The van der Waals surface area contributed by atoms with Crippen molar-refractivity contribution in [2.75, 3.05) is 0 Å². The van der Waals surface area contributed by atoms with Crippen LogP contribution in [0.15, 0.2) is 33.9 Å². The first kappa shape index (κ1) is 20.2. The van der Waals surface area contributed by atoms with Crippen LogP contribution in [0.25, 0.3) is 5.69 Å². The summed E-state index contributed by atoms with van der Waals surface area (Å²) in [6.45, 7) is 1.75. The third-order valence-corrected chi connectivity index (χ3v) is 4.95. The number of alkyl halides is 3. The summed E-state index contributed by atoms with van der Waals surface area (Å²) in [5, 5.41) is 0.0357. The van der Waals surface area contributed by atoms with Gasteiger partial charge in [0.15, 0.2) is 0 Å². The molecule has 0 amide bonds. The number of carbonyl (C=O) groups is 1. The van der Waals surface area contributed by atoms with Crippen LogP contribution in [0.3, 0.4) is 0 Å². The van der Waals surface area contributed by atoms with Crippen LogP contribution in [0.4, 0.5) is 13.2 Å². The van der Waals surface area contributed by atoms with Crippen molar-refractivity contribution in [3.05, 3.63) is 61.4 Å². The van der Waals surface area contributed by atoms with Crippen molar-refractivity contribution in [2.45, 2.75) is 32.0 Å². The standard InChI is InChI=1S/C18H16ClF3N2O4/c1-9(10-3-4-10)28-16(26)12-7-11(5-6-13(12)19)24-15(25)8-14(18(20,21)22)23(2)17(24)27/h5-10H,3-4H2,1-2H3. The van der Waals surface area contributed by atoms with Crippen LogP contribution in [0.5, 0.6) is 0 Å². The molecule has 0 bridgehead atoms. The van der Waals surface area contributed by atoms with Gasteiger partial charge in [0.05, 0.1) is 16.3 Å². The molecule has 1 aromatic heterocycles. The van der Waals surface area contributed by atoms with Gasteiger partial charge in [0.1, 0.15) is 11.8 Å². The molecule has 10 heteroatoms. The summed E-state index contributed by atoms with van der Waals surface area (Å²) >= 11 is 6.03. The van der Waals surface area contributed by atoms with Gasteiger partial charge in [-0.1, -0.05) is 11.6 Å². The van der Waals surface area contributed by atoms with Crippen molar-refractivity contribution in [1.82, 2.24) is 9.13 Å². The largest absolute Gasteiger partial charge is 0.459 e. The molecule has 28 heavy (non-hydrogen) atoms. The second kappa shape index (κ2) is 7.12. The summed E-state index contributed by atoms with van der Waals surface area (Å²) in [5.74, 6) is -0.446. The molecule has 3 rings (SSSR count). The van der Waals surface area contributed by atoms with Gasteiger partial charge in [-0.15, -0.1) is 0 Å². The molecule has 0 spiro atoms. The second-order valence-corrected chi connectivity index (χ2v) is 7.06. The fourth-order valence-electron chi connectivity index (χ4n) is 2.84. The first-order valence-corrected chi connectivity index (χ1v) is 8.79. The van der Waals surface area contributed by atoms with Crippen molar-refractivity contribution in [2.24, 2.45) is 13.0 Å². The monoisotopic (exact) mass is 416 g/mol. The average Bonchev–Trinajstić information content (AvgIpc) is 3.43. The smallest absolute Gasteiger partial charge is 0.431 e. The highest BCUT2D eigenvalue weighted by Gasteiger charge is 2.35. The zero-order valence-corrected chi connectivity index (χ0v) is 15.7. The molecule has 0 radical (unpaired) electrons. The maximum absolute atomic E-state index is 13.0. The zero-order valence-electron chi connectivity index (χ0n) is 14.9. The Balaban J connectivity index is 2.05. The first-order chi connectivity index (χ1) is 13.0. The van der Waals surface area contributed by atoms with E-state index in [4.69, 9.17) is 16.3 Å². The fourth-order valence-corrected chi connectivity index (χ4v) is 3.03. The summed E-state index contributed by atoms with van der Waals surface area (Å²) in [5.41, 5.74) is -3.92. The highest BCUT2D eigenvalue weighted by molar-refractivity contribution is 6.33. The molecule has 0 saturated heterocycles. The molecule has 6 nitrogen and oxygen atoms in total.